The molecule has 6 nitrogen and oxygen atoms in total. The molecule has 0 bridgehead atoms. The van der Waals surface area contributed by atoms with Gasteiger partial charge >= 0.3 is 0 Å². The first-order valence-electron chi connectivity index (χ1n) is 9.88. The fraction of sp³-hybridized carbons (Fsp3) is 0.524. The molecule has 1 N–H and O–H groups in total. The van der Waals surface area contributed by atoms with Gasteiger partial charge in [0.2, 0.25) is 10.8 Å². The number of hydrogen-bond donors (Lipinski definition) is 1. The molecule has 1 saturated heterocycles. The number of aromatic hydroxyl groups is 1. The second-order valence-corrected chi connectivity index (χ2v) is 9.09. The Morgan fingerprint density at radius 3 is 2.29 bits per heavy atom. The summed E-state index contributed by atoms with van der Waals surface area (Å²) in [5, 5.41) is 15.3. The lowest BCUT2D eigenvalue weighted by Crippen LogP contribution is -2.47. The SMILES string of the molecule is Cc1nc2sc([C@@H](c3ccc(C(C)C)cc3)N3C[C@@H](C)O[C@@H](C)C3)c(O)n2n1. The molecule has 1 aliphatic rings. The molecule has 0 aliphatic carbocycles. The van der Waals surface area contributed by atoms with Crippen LogP contribution in [0.15, 0.2) is 24.3 Å². The van der Waals surface area contributed by atoms with Gasteiger partial charge < -0.3 is 9.84 Å². The first-order chi connectivity index (χ1) is 13.3. The molecule has 3 aromatic rings. The molecule has 0 saturated carbocycles. The highest BCUT2D eigenvalue weighted by Crippen LogP contribution is 2.41. The van der Waals surface area contributed by atoms with Crippen LogP contribution >= 0.6 is 11.3 Å². The minimum atomic E-state index is -0.0520. The van der Waals surface area contributed by atoms with Gasteiger partial charge in [-0.05, 0) is 37.8 Å². The van der Waals surface area contributed by atoms with Crippen molar-refractivity contribution >= 4 is 16.3 Å². The van der Waals surface area contributed by atoms with Crippen molar-refractivity contribution in [1.82, 2.24) is 19.5 Å². The van der Waals surface area contributed by atoms with Crippen LogP contribution in [0.3, 0.4) is 0 Å². The van der Waals surface area contributed by atoms with Crippen molar-refractivity contribution in [2.24, 2.45) is 0 Å². The number of ether oxygens (including phenoxy) is 1. The Hall–Kier alpha value is -1.96. The van der Waals surface area contributed by atoms with Gasteiger partial charge in [-0.25, -0.2) is 4.98 Å². The van der Waals surface area contributed by atoms with Gasteiger partial charge in [0.05, 0.1) is 23.1 Å². The van der Waals surface area contributed by atoms with Crippen LogP contribution in [0.4, 0.5) is 0 Å². The number of fused-ring (bicyclic) bond motifs is 1. The Balaban J connectivity index is 1.80. The zero-order chi connectivity index (χ0) is 20.0. The van der Waals surface area contributed by atoms with E-state index in [1.54, 1.807) is 4.52 Å². The van der Waals surface area contributed by atoms with Crippen LogP contribution in [-0.4, -0.2) is 49.9 Å². The van der Waals surface area contributed by atoms with Crippen molar-refractivity contribution in [3.05, 3.63) is 46.1 Å². The van der Waals surface area contributed by atoms with E-state index in [1.807, 2.05) is 6.92 Å². The van der Waals surface area contributed by atoms with E-state index in [-0.39, 0.29) is 24.1 Å². The molecule has 1 fully saturated rings. The van der Waals surface area contributed by atoms with E-state index in [9.17, 15) is 5.11 Å². The van der Waals surface area contributed by atoms with Gasteiger partial charge in [0.1, 0.15) is 5.82 Å². The molecule has 3 atom stereocenters. The minimum absolute atomic E-state index is 0.0520. The Bertz CT molecular complexity index is 953. The van der Waals surface area contributed by atoms with E-state index >= 15 is 0 Å². The van der Waals surface area contributed by atoms with Crippen molar-refractivity contribution in [2.75, 3.05) is 13.1 Å². The van der Waals surface area contributed by atoms with E-state index in [4.69, 9.17) is 4.74 Å². The Morgan fingerprint density at radius 1 is 1.11 bits per heavy atom. The first kappa shape index (κ1) is 19.4. The fourth-order valence-electron chi connectivity index (χ4n) is 4.05. The molecule has 0 unspecified atom stereocenters. The quantitative estimate of drug-likeness (QED) is 0.714. The zero-order valence-corrected chi connectivity index (χ0v) is 17.9. The molecule has 7 heteroatoms. The largest absolute Gasteiger partial charge is 0.492 e. The molecule has 0 amide bonds. The number of thiazole rings is 1. The molecule has 2 aromatic heterocycles. The van der Waals surface area contributed by atoms with Crippen molar-refractivity contribution in [3.63, 3.8) is 0 Å². The molecule has 1 aliphatic heterocycles. The number of nitrogens with zero attached hydrogens (tertiary/aromatic N) is 4. The minimum Gasteiger partial charge on any atom is -0.492 e. The van der Waals surface area contributed by atoms with Gasteiger partial charge in [-0.3, -0.25) is 4.90 Å². The van der Waals surface area contributed by atoms with Crippen molar-refractivity contribution in [1.29, 1.82) is 0 Å². The Morgan fingerprint density at radius 2 is 1.71 bits per heavy atom. The number of morpholine rings is 1. The highest BCUT2D eigenvalue weighted by Gasteiger charge is 2.34. The summed E-state index contributed by atoms with van der Waals surface area (Å²) in [5.41, 5.74) is 2.48. The van der Waals surface area contributed by atoms with Gasteiger partial charge in [-0.15, -0.1) is 5.10 Å². The lowest BCUT2D eigenvalue weighted by Gasteiger charge is -2.40. The summed E-state index contributed by atoms with van der Waals surface area (Å²) in [6.07, 6.45) is 0.292. The maximum Gasteiger partial charge on any atom is 0.230 e. The molecule has 150 valence electrons. The average Bonchev–Trinajstić information content (AvgIpc) is 3.13. The van der Waals surface area contributed by atoms with Gasteiger partial charge in [0.15, 0.2) is 0 Å². The first-order valence-corrected chi connectivity index (χ1v) is 10.7. The number of aromatic nitrogens is 3. The van der Waals surface area contributed by atoms with Crippen molar-refractivity contribution in [2.45, 2.75) is 58.8 Å². The second-order valence-electron chi connectivity index (χ2n) is 8.08. The van der Waals surface area contributed by atoms with Crippen LogP contribution in [0, 0.1) is 6.92 Å². The van der Waals surface area contributed by atoms with Crippen LogP contribution in [0.1, 0.15) is 61.5 Å². The van der Waals surface area contributed by atoms with Crippen LogP contribution in [0.25, 0.3) is 4.96 Å². The number of aryl methyl sites for hydroxylation is 1. The molecule has 0 radical (unpaired) electrons. The van der Waals surface area contributed by atoms with E-state index in [0.717, 1.165) is 22.9 Å². The predicted octanol–water partition coefficient (Wildman–Crippen LogP) is 4.13. The van der Waals surface area contributed by atoms with Gasteiger partial charge in [-0.1, -0.05) is 49.4 Å². The molecule has 0 spiro atoms. The molecular formula is C21H28N4O2S. The number of hydrogen-bond acceptors (Lipinski definition) is 6. The van der Waals surface area contributed by atoms with Crippen LogP contribution in [0.2, 0.25) is 0 Å². The summed E-state index contributed by atoms with van der Waals surface area (Å²) in [6, 6.07) is 8.71. The average molecular weight is 401 g/mol. The summed E-state index contributed by atoms with van der Waals surface area (Å²) in [5.74, 6) is 1.34. The van der Waals surface area contributed by atoms with Crippen molar-refractivity contribution in [3.8, 4) is 5.88 Å². The van der Waals surface area contributed by atoms with Crippen LogP contribution in [0.5, 0.6) is 5.88 Å². The lowest BCUT2D eigenvalue weighted by atomic mass is 9.97. The monoisotopic (exact) mass is 400 g/mol. The molecule has 3 heterocycles. The fourth-order valence-corrected chi connectivity index (χ4v) is 5.21. The maximum atomic E-state index is 11.0. The van der Waals surface area contributed by atoms with Gasteiger partial charge in [0.25, 0.3) is 0 Å². The summed E-state index contributed by atoms with van der Waals surface area (Å²) in [7, 11) is 0. The topological polar surface area (TPSA) is 62.9 Å². The highest BCUT2D eigenvalue weighted by molar-refractivity contribution is 7.17. The molecule has 4 rings (SSSR count). The van der Waals surface area contributed by atoms with Crippen LogP contribution < -0.4 is 0 Å². The number of benzene rings is 1. The van der Waals surface area contributed by atoms with Gasteiger partial charge in [-0.2, -0.15) is 4.52 Å². The van der Waals surface area contributed by atoms with Crippen LogP contribution in [-0.2, 0) is 4.74 Å². The zero-order valence-electron chi connectivity index (χ0n) is 17.1. The lowest BCUT2D eigenvalue weighted by molar-refractivity contribution is -0.0764. The van der Waals surface area contributed by atoms with E-state index in [2.05, 4.69) is 66.9 Å². The third kappa shape index (κ3) is 3.54. The predicted molar refractivity (Wildman–Crippen MR) is 111 cm³/mol. The number of rotatable bonds is 4. The Labute approximate surface area is 169 Å². The third-order valence-corrected chi connectivity index (χ3v) is 6.36. The van der Waals surface area contributed by atoms with Gasteiger partial charge in [0, 0.05) is 13.1 Å². The molecule has 28 heavy (non-hydrogen) atoms. The smallest absolute Gasteiger partial charge is 0.230 e. The normalized spacial score (nSPS) is 22.2. The third-order valence-electron chi connectivity index (χ3n) is 5.29. The van der Waals surface area contributed by atoms with E-state index in [1.165, 1.54) is 22.5 Å². The Kier molecular flexibility index (Phi) is 5.16. The summed E-state index contributed by atoms with van der Waals surface area (Å²) < 4.78 is 7.50. The molecular weight excluding hydrogens is 372 g/mol. The summed E-state index contributed by atoms with van der Waals surface area (Å²) in [4.78, 5) is 8.46. The maximum absolute atomic E-state index is 11.0. The van der Waals surface area contributed by atoms with E-state index < -0.39 is 0 Å². The van der Waals surface area contributed by atoms with Crippen molar-refractivity contribution < 1.29 is 9.84 Å². The van der Waals surface area contributed by atoms with E-state index in [0.29, 0.717) is 11.7 Å². The highest BCUT2D eigenvalue weighted by atomic mass is 32.1. The summed E-state index contributed by atoms with van der Waals surface area (Å²) >= 11 is 1.51. The standard InChI is InChI=1S/C21H28N4O2S/c1-12(2)16-6-8-17(9-7-16)18(24-10-13(3)27-14(4)11-24)19-20(26)25-21(28-19)22-15(5)23-25/h6-9,12-14,18,26H,10-11H2,1-5H3/t13-,14+,18-/m1/s1. The second kappa shape index (κ2) is 7.46. The summed E-state index contributed by atoms with van der Waals surface area (Å²) in [6.45, 7) is 12.1. The molecule has 1 aromatic carbocycles.